The number of primary amides is 1. The van der Waals surface area contributed by atoms with Gasteiger partial charge in [-0.15, -0.1) is 0 Å². The molecule has 0 aliphatic carbocycles. The maximum Gasteiger partial charge on any atom is 0.253 e. The summed E-state index contributed by atoms with van der Waals surface area (Å²) in [4.78, 5) is 22.2. The predicted molar refractivity (Wildman–Crippen MR) is 128 cm³/mol. The molecule has 3 N–H and O–H groups in total. The summed E-state index contributed by atoms with van der Waals surface area (Å²) >= 11 is 0. The molecule has 4 aromatic rings. The van der Waals surface area contributed by atoms with Crippen LogP contribution in [-0.4, -0.2) is 45.4 Å². The third-order valence-electron chi connectivity index (χ3n) is 5.88. The Hall–Kier alpha value is -3.79. The molecule has 0 unspecified atom stereocenters. The highest BCUT2D eigenvalue weighted by Crippen LogP contribution is 2.28. The molecule has 1 aliphatic heterocycles. The molecule has 0 saturated carbocycles. The van der Waals surface area contributed by atoms with E-state index in [9.17, 15) is 18.4 Å². The van der Waals surface area contributed by atoms with Crippen molar-refractivity contribution < 1.29 is 23.1 Å². The van der Waals surface area contributed by atoms with E-state index in [-0.39, 0.29) is 28.4 Å². The number of aromatic nitrogens is 3. The number of ether oxygens (including phenoxy) is 1. The Kier molecular flexibility index (Phi) is 7.11. The summed E-state index contributed by atoms with van der Waals surface area (Å²) in [6.07, 6.45) is 4.71. The molecule has 2 aromatic carbocycles. The fourth-order valence-corrected chi connectivity index (χ4v) is 4.27. The second-order valence-electron chi connectivity index (χ2n) is 8.56. The molecular formula is C25H27F2N5O3. The number of amides is 2. The molecular weight excluding hydrogens is 456 g/mol. The fraction of sp³-hybridized carbons (Fsp3) is 0.320. The molecule has 5 rings (SSSR count). The SMILES string of the molecule is CC(N)=O.Cn1ncc2cc(Cn3cc(C(=O)NC4CCOCC4)c4c(F)ccc(F)c43)ccc21. The van der Waals surface area contributed by atoms with E-state index < -0.39 is 17.5 Å². The standard InChI is InChI=1S/C23H22F2N4O2.C2H5NO/c1-28-20-5-2-14(10-15(20)11-26-28)12-29-13-17(21-18(24)3-4-19(25)22(21)29)23(30)27-16-6-8-31-9-7-16;1-2(3)4/h2-5,10-11,13,16H,6-9,12H2,1H3,(H,27,30);1H3,(H2,3,4). The topological polar surface area (TPSA) is 104 Å². The lowest BCUT2D eigenvalue weighted by molar-refractivity contribution is -0.115. The Balaban J connectivity index is 0.000000672. The van der Waals surface area contributed by atoms with Crippen molar-refractivity contribution in [1.82, 2.24) is 19.7 Å². The molecule has 1 fully saturated rings. The van der Waals surface area contributed by atoms with Gasteiger partial charge in [-0.05, 0) is 42.7 Å². The van der Waals surface area contributed by atoms with Gasteiger partial charge in [0.25, 0.3) is 5.91 Å². The summed E-state index contributed by atoms with van der Waals surface area (Å²) in [7, 11) is 1.86. The monoisotopic (exact) mass is 483 g/mol. The summed E-state index contributed by atoms with van der Waals surface area (Å²) in [5.41, 5.74) is 6.58. The number of rotatable bonds is 4. The molecule has 1 aliphatic rings. The van der Waals surface area contributed by atoms with E-state index in [1.807, 2.05) is 25.2 Å². The molecule has 8 nitrogen and oxygen atoms in total. The van der Waals surface area contributed by atoms with E-state index in [1.165, 1.54) is 6.92 Å². The minimum atomic E-state index is -0.616. The van der Waals surface area contributed by atoms with E-state index in [1.54, 1.807) is 21.6 Å². The van der Waals surface area contributed by atoms with Gasteiger partial charge < -0.3 is 20.4 Å². The number of carbonyl (C=O) groups excluding carboxylic acids is 2. The van der Waals surface area contributed by atoms with Gasteiger partial charge in [0.15, 0.2) is 0 Å². The largest absolute Gasteiger partial charge is 0.381 e. The Morgan fingerprint density at radius 1 is 1.17 bits per heavy atom. The molecule has 0 bridgehead atoms. The van der Waals surface area contributed by atoms with Gasteiger partial charge in [0.05, 0.1) is 28.2 Å². The maximum atomic E-state index is 14.8. The number of nitrogens with one attached hydrogen (secondary N) is 1. The van der Waals surface area contributed by atoms with Crippen molar-refractivity contribution in [2.24, 2.45) is 12.8 Å². The van der Waals surface area contributed by atoms with Crippen molar-refractivity contribution in [3.8, 4) is 0 Å². The number of nitrogens with zero attached hydrogens (tertiary/aromatic N) is 3. The first-order valence-electron chi connectivity index (χ1n) is 11.3. The van der Waals surface area contributed by atoms with Crippen LogP contribution in [0, 0.1) is 11.6 Å². The van der Waals surface area contributed by atoms with Gasteiger partial charge in [0, 0.05) is 51.4 Å². The molecule has 0 spiro atoms. The molecule has 2 aromatic heterocycles. The van der Waals surface area contributed by atoms with E-state index in [0.717, 1.165) is 28.6 Å². The first kappa shape index (κ1) is 24.3. The number of nitrogens with two attached hydrogens (primary N) is 1. The third-order valence-corrected chi connectivity index (χ3v) is 5.88. The van der Waals surface area contributed by atoms with E-state index >= 15 is 0 Å². The zero-order valence-electron chi connectivity index (χ0n) is 19.6. The van der Waals surface area contributed by atoms with Gasteiger partial charge in [-0.1, -0.05) is 6.07 Å². The van der Waals surface area contributed by atoms with E-state index in [2.05, 4.69) is 16.1 Å². The second-order valence-corrected chi connectivity index (χ2v) is 8.56. The molecule has 2 amide bonds. The molecule has 35 heavy (non-hydrogen) atoms. The fourth-order valence-electron chi connectivity index (χ4n) is 4.27. The van der Waals surface area contributed by atoms with Gasteiger partial charge in [-0.2, -0.15) is 5.10 Å². The van der Waals surface area contributed by atoms with Gasteiger partial charge in [-0.3, -0.25) is 14.3 Å². The molecule has 10 heteroatoms. The lowest BCUT2D eigenvalue weighted by atomic mass is 10.1. The van der Waals surface area contributed by atoms with Crippen LogP contribution in [0.25, 0.3) is 21.8 Å². The van der Waals surface area contributed by atoms with Crippen molar-refractivity contribution in [2.45, 2.75) is 32.4 Å². The molecule has 0 atom stereocenters. The average Bonchev–Trinajstić information content (AvgIpc) is 3.38. The third kappa shape index (κ3) is 5.32. The number of aryl methyl sites for hydroxylation is 1. The number of benzene rings is 2. The zero-order chi connectivity index (χ0) is 25.1. The van der Waals surface area contributed by atoms with Gasteiger partial charge >= 0.3 is 0 Å². The van der Waals surface area contributed by atoms with Gasteiger partial charge in [0.1, 0.15) is 11.6 Å². The lowest BCUT2D eigenvalue weighted by Crippen LogP contribution is -2.38. The quantitative estimate of drug-likeness (QED) is 0.465. The van der Waals surface area contributed by atoms with Gasteiger partial charge in [0.2, 0.25) is 5.91 Å². The summed E-state index contributed by atoms with van der Waals surface area (Å²) in [5.74, 6) is -1.91. The van der Waals surface area contributed by atoms with Crippen LogP contribution >= 0.6 is 0 Å². The zero-order valence-corrected chi connectivity index (χ0v) is 19.6. The van der Waals surface area contributed by atoms with Crippen LogP contribution < -0.4 is 11.1 Å². The van der Waals surface area contributed by atoms with Crippen LogP contribution in [-0.2, 0) is 23.1 Å². The molecule has 0 radical (unpaired) electrons. The Bertz CT molecular complexity index is 1390. The number of halogens is 2. The van der Waals surface area contributed by atoms with Crippen LogP contribution in [0.1, 0.15) is 35.7 Å². The first-order chi connectivity index (χ1) is 16.7. The average molecular weight is 484 g/mol. The van der Waals surface area contributed by atoms with Crippen LogP contribution in [0.15, 0.2) is 42.7 Å². The minimum absolute atomic E-state index is 0.00650. The number of fused-ring (bicyclic) bond motifs is 2. The Morgan fingerprint density at radius 2 is 1.86 bits per heavy atom. The lowest BCUT2D eigenvalue weighted by Gasteiger charge is -2.22. The smallest absolute Gasteiger partial charge is 0.253 e. The Labute approximate surface area is 200 Å². The van der Waals surface area contributed by atoms with Crippen molar-refractivity contribution in [3.63, 3.8) is 0 Å². The van der Waals surface area contributed by atoms with Crippen molar-refractivity contribution in [2.75, 3.05) is 13.2 Å². The summed E-state index contributed by atoms with van der Waals surface area (Å²) in [6.45, 7) is 2.76. The summed E-state index contributed by atoms with van der Waals surface area (Å²) in [5, 5.41) is 8.15. The highest BCUT2D eigenvalue weighted by atomic mass is 19.1. The number of carbonyl (C=O) groups is 2. The number of hydrogen-bond donors (Lipinski definition) is 2. The van der Waals surface area contributed by atoms with Crippen LogP contribution in [0.4, 0.5) is 8.78 Å². The van der Waals surface area contributed by atoms with Crippen molar-refractivity contribution in [1.29, 1.82) is 0 Å². The normalized spacial score (nSPS) is 14.1. The first-order valence-corrected chi connectivity index (χ1v) is 11.3. The molecule has 3 heterocycles. The summed E-state index contributed by atoms with van der Waals surface area (Å²) < 4.78 is 38.2. The highest BCUT2D eigenvalue weighted by Gasteiger charge is 2.24. The van der Waals surface area contributed by atoms with Crippen LogP contribution in [0.3, 0.4) is 0 Å². The minimum Gasteiger partial charge on any atom is -0.381 e. The van der Waals surface area contributed by atoms with Crippen molar-refractivity contribution in [3.05, 3.63) is 65.5 Å². The van der Waals surface area contributed by atoms with E-state index in [0.29, 0.717) is 32.6 Å². The summed E-state index contributed by atoms with van der Waals surface area (Å²) in [6, 6.07) is 7.96. The van der Waals surface area contributed by atoms with Crippen molar-refractivity contribution >= 4 is 33.6 Å². The second kappa shape index (κ2) is 10.2. The highest BCUT2D eigenvalue weighted by molar-refractivity contribution is 6.07. The molecule has 1 saturated heterocycles. The van der Waals surface area contributed by atoms with E-state index in [4.69, 9.17) is 4.74 Å². The molecule has 184 valence electrons. The number of hydrogen-bond acceptors (Lipinski definition) is 4. The van der Waals surface area contributed by atoms with Crippen LogP contribution in [0.2, 0.25) is 0 Å². The Morgan fingerprint density at radius 3 is 2.57 bits per heavy atom. The van der Waals surface area contributed by atoms with Crippen LogP contribution in [0.5, 0.6) is 0 Å². The maximum absolute atomic E-state index is 14.8. The van der Waals surface area contributed by atoms with Gasteiger partial charge in [-0.25, -0.2) is 8.78 Å². The predicted octanol–water partition coefficient (Wildman–Crippen LogP) is 3.25.